The molecule has 2 aromatic rings. The molecule has 0 saturated carbocycles. The van der Waals surface area contributed by atoms with Crippen molar-refractivity contribution in [3.8, 4) is 11.5 Å². The van der Waals surface area contributed by atoms with Gasteiger partial charge in [0.15, 0.2) is 0 Å². The van der Waals surface area contributed by atoms with Gasteiger partial charge in [0.05, 0.1) is 23.8 Å². The summed E-state index contributed by atoms with van der Waals surface area (Å²) in [6.45, 7) is 5.94. The molecule has 1 aliphatic rings. The van der Waals surface area contributed by atoms with E-state index in [4.69, 9.17) is 21.1 Å². The summed E-state index contributed by atoms with van der Waals surface area (Å²) in [5.74, 6) is 1.22. The van der Waals surface area contributed by atoms with Gasteiger partial charge in [-0.15, -0.1) is 0 Å². The summed E-state index contributed by atoms with van der Waals surface area (Å²) in [7, 11) is 0. The van der Waals surface area contributed by atoms with Crippen LogP contribution in [0.25, 0.3) is 0 Å². The highest BCUT2D eigenvalue weighted by Crippen LogP contribution is 2.29. The molecule has 2 atom stereocenters. The second-order valence-electron chi connectivity index (χ2n) is 6.56. The molecule has 0 radical (unpaired) electrons. The van der Waals surface area contributed by atoms with Crippen molar-refractivity contribution in [2.45, 2.75) is 26.1 Å². The third-order valence-corrected chi connectivity index (χ3v) is 4.38. The van der Waals surface area contributed by atoms with Crippen LogP contribution in [0.5, 0.6) is 11.5 Å². The third kappa shape index (κ3) is 5.21. The van der Waals surface area contributed by atoms with E-state index < -0.39 is 0 Å². The van der Waals surface area contributed by atoms with Gasteiger partial charge in [-0.25, -0.2) is 0 Å². The third-order valence-electron chi connectivity index (χ3n) is 4.06. The fourth-order valence-electron chi connectivity index (χ4n) is 3.08. The molecule has 0 spiro atoms. The van der Waals surface area contributed by atoms with E-state index in [0.29, 0.717) is 23.1 Å². The van der Waals surface area contributed by atoms with E-state index in [9.17, 15) is 4.79 Å². The SMILES string of the molecule is C[C@@H]1CN(CC(=O)Nc2ccc(Oc3ccccc3Cl)cc2)C[C@@H](C)O1. The Kier molecular flexibility index (Phi) is 6.14. The van der Waals surface area contributed by atoms with Crippen LogP contribution in [0.2, 0.25) is 5.02 Å². The first-order valence-electron chi connectivity index (χ1n) is 8.69. The molecule has 1 aliphatic heterocycles. The van der Waals surface area contributed by atoms with Crippen LogP contribution in [0.15, 0.2) is 48.5 Å². The van der Waals surface area contributed by atoms with Crippen LogP contribution in [0.4, 0.5) is 5.69 Å². The molecule has 138 valence electrons. The van der Waals surface area contributed by atoms with Crippen LogP contribution >= 0.6 is 11.6 Å². The lowest BCUT2D eigenvalue weighted by molar-refractivity contribution is -0.121. The first-order valence-corrected chi connectivity index (χ1v) is 9.07. The van der Waals surface area contributed by atoms with E-state index in [-0.39, 0.29) is 18.1 Å². The van der Waals surface area contributed by atoms with Gasteiger partial charge in [0.25, 0.3) is 0 Å². The van der Waals surface area contributed by atoms with Gasteiger partial charge < -0.3 is 14.8 Å². The first kappa shape index (κ1) is 18.7. The summed E-state index contributed by atoms with van der Waals surface area (Å²) in [4.78, 5) is 14.4. The molecule has 0 bridgehead atoms. The molecular formula is C20H23ClN2O3. The van der Waals surface area contributed by atoms with Gasteiger partial charge in [-0.3, -0.25) is 9.69 Å². The van der Waals surface area contributed by atoms with Crippen LogP contribution in [0.1, 0.15) is 13.8 Å². The van der Waals surface area contributed by atoms with Crippen molar-refractivity contribution in [1.29, 1.82) is 0 Å². The Bertz CT molecular complexity index is 741. The van der Waals surface area contributed by atoms with E-state index in [1.54, 1.807) is 18.2 Å². The Morgan fingerprint density at radius 1 is 1.15 bits per heavy atom. The summed E-state index contributed by atoms with van der Waals surface area (Å²) in [6, 6.07) is 14.5. The van der Waals surface area contributed by atoms with Crippen molar-refractivity contribution in [2.24, 2.45) is 0 Å². The molecule has 2 aromatic carbocycles. The van der Waals surface area contributed by atoms with Gasteiger partial charge in [0, 0.05) is 18.8 Å². The summed E-state index contributed by atoms with van der Waals surface area (Å²) in [5.41, 5.74) is 0.732. The van der Waals surface area contributed by atoms with E-state index in [1.807, 2.05) is 44.2 Å². The highest BCUT2D eigenvalue weighted by atomic mass is 35.5. The van der Waals surface area contributed by atoms with Crippen molar-refractivity contribution in [1.82, 2.24) is 4.90 Å². The zero-order chi connectivity index (χ0) is 18.5. The molecule has 3 rings (SSSR count). The number of carbonyl (C=O) groups excluding carboxylic acids is 1. The number of hydrogen-bond acceptors (Lipinski definition) is 4. The minimum Gasteiger partial charge on any atom is -0.456 e. The summed E-state index contributed by atoms with van der Waals surface area (Å²) >= 11 is 6.09. The van der Waals surface area contributed by atoms with Gasteiger partial charge in [-0.2, -0.15) is 0 Å². The Labute approximate surface area is 158 Å². The molecule has 1 N–H and O–H groups in total. The molecule has 1 amide bonds. The molecule has 0 aliphatic carbocycles. The largest absolute Gasteiger partial charge is 0.456 e. The van der Waals surface area contributed by atoms with Crippen molar-refractivity contribution in [3.63, 3.8) is 0 Å². The number of morpholine rings is 1. The van der Waals surface area contributed by atoms with Crippen LogP contribution in [-0.4, -0.2) is 42.6 Å². The Balaban J connectivity index is 1.54. The Hall–Kier alpha value is -2.08. The number of halogens is 1. The van der Waals surface area contributed by atoms with Crippen LogP contribution in [0.3, 0.4) is 0 Å². The number of carbonyl (C=O) groups is 1. The normalized spacial score (nSPS) is 20.6. The Morgan fingerprint density at radius 2 is 1.81 bits per heavy atom. The predicted octanol–water partition coefficient (Wildman–Crippen LogP) is 4.18. The number of nitrogens with zero attached hydrogens (tertiary/aromatic N) is 1. The van der Waals surface area contributed by atoms with Gasteiger partial charge in [0.1, 0.15) is 11.5 Å². The second kappa shape index (κ2) is 8.54. The topological polar surface area (TPSA) is 50.8 Å². The number of para-hydroxylation sites is 1. The average Bonchev–Trinajstić information content (AvgIpc) is 2.57. The van der Waals surface area contributed by atoms with Crippen LogP contribution in [0, 0.1) is 0 Å². The highest BCUT2D eigenvalue weighted by molar-refractivity contribution is 6.32. The van der Waals surface area contributed by atoms with E-state index in [1.165, 1.54) is 0 Å². The van der Waals surface area contributed by atoms with E-state index >= 15 is 0 Å². The maximum absolute atomic E-state index is 12.3. The minimum absolute atomic E-state index is 0.0360. The van der Waals surface area contributed by atoms with Crippen LogP contribution in [-0.2, 0) is 9.53 Å². The van der Waals surface area contributed by atoms with Gasteiger partial charge >= 0.3 is 0 Å². The lowest BCUT2D eigenvalue weighted by atomic mass is 10.2. The zero-order valence-corrected chi connectivity index (χ0v) is 15.7. The maximum Gasteiger partial charge on any atom is 0.238 e. The highest BCUT2D eigenvalue weighted by Gasteiger charge is 2.23. The number of hydrogen-bond donors (Lipinski definition) is 1. The quantitative estimate of drug-likeness (QED) is 0.853. The standard InChI is InChI=1S/C20H23ClN2O3/c1-14-11-23(12-15(2)25-14)13-20(24)22-16-7-9-17(10-8-16)26-19-6-4-3-5-18(19)21/h3-10,14-15H,11-13H2,1-2H3,(H,22,24)/t14-,15-/m1/s1. The van der Waals surface area contributed by atoms with Gasteiger partial charge in [-0.05, 0) is 50.2 Å². The molecule has 1 fully saturated rings. The second-order valence-corrected chi connectivity index (χ2v) is 6.96. The van der Waals surface area contributed by atoms with Gasteiger partial charge in [0.2, 0.25) is 5.91 Å². The summed E-state index contributed by atoms with van der Waals surface area (Å²) in [6.07, 6.45) is 0.292. The number of nitrogens with one attached hydrogen (secondary N) is 1. The number of benzene rings is 2. The molecule has 5 nitrogen and oxygen atoms in total. The van der Waals surface area contributed by atoms with Crippen LogP contribution < -0.4 is 10.1 Å². The lowest BCUT2D eigenvalue weighted by Crippen LogP contribution is -2.48. The van der Waals surface area contributed by atoms with Crippen molar-refractivity contribution >= 4 is 23.2 Å². The fraction of sp³-hybridized carbons (Fsp3) is 0.350. The maximum atomic E-state index is 12.3. The monoisotopic (exact) mass is 374 g/mol. The zero-order valence-electron chi connectivity index (χ0n) is 14.9. The molecule has 26 heavy (non-hydrogen) atoms. The minimum atomic E-state index is -0.0360. The van der Waals surface area contributed by atoms with E-state index in [0.717, 1.165) is 18.8 Å². The molecule has 0 unspecified atom stereocenters. The number of rotatable bonds is 5. The number of amides is 1. The summed E-state index contributed by atoms with van der Waals surface area (Å²) in [5, 5.41) is 3.47. The molecule has 0 aromatic heterocycles. The molecule has 1 heterocycles. The fourth-order valence-corrected chi connectivity index (χ4v) is 3.25. The smallest absolute Gasteiger partial charge is 0.238 e. The van der Waals surface area contributed by atoms with Crippen molar-refractivity contribution in [3.05, 3.63) is 53.6 Å². The number of ether oxygens (including phenoxy) is 2. The molecular weight excluding hydrogens is 352 g/mol. The molecule has 1 saturated heterocycles. The first-order chi connectivity index (χ1) is 12.5. The lowest BCUT2D eigenvalue weighted by Gasteiger charge is -2.34. The summed E-state index contributed by atoms with van der Waals surface area (Å²) < 4.78 is 11.4. The number of anilines is 1. The van der Waals surface area contributed by atoms with Gasteiger partial charge in [-0.1, -0.05) is 23.7 Å². The van der Waals surface area contributed by atoms with Crippen molar-refractivity contribution < 1.29 is 14.3 Å². The van der Waals surface area contributed by atoms with Crippen molar-refractivity contribution in [2.75, 3.05) is 25.0 Å². The molecule has 6 heteroatoms. The predicted molar refractivity (Wildman–Crippen MR) is 103 cm³/mol. The Morgan fingerprint density at radius 3 is 2.46 bits per heavy atom. The van der Waals surface area contributed by atoms with E-state index in [2.05, 4.69) is 10.2 Å². The average molecular weight is 375 g/mol.